The van der Waals surface area contributed by atoms with E-state index in [1.165, 1.54) is 11.3 Å². The number of thiophene rings is 1. The summed E-state index contributed by atoms with van der Waals surface area (Å²) in [5, 5.41) is 4.90. The zero-order chi connectivity index (χ0) is 11.5. The summed E-state index contributed by atoms with van der Waals surface area (Å²) in [7, 11) is 0. The average Bonchev–Trinajstić information content (AvgIpc) is 2.72. The van der Waals surface area contributed by atoms with Gasteiger partial charge in [0.15, 0.2) is 0 Å². The van der Waals surface area contributed by atoms with Crippen LogP contribution in [0.2, 0.25) is 0 Å². The molecule has 4 nitrogen and oxygen atoms in total. The van der Waals surface area contributed by atoms with Crippen LogP contribution in [-0.2, 0) is 11.2 Å². The zero-order valence-corrected chi connectivity index (χ0v) is 9.88. The minimum absolute atomic E-state index is 0.267. The second-order valence-corrected chi connectivity index (χ2v) is 4.64. The molecule has 0 amide bonds. The van der Waals surface area contributed by atoms with E-state index in [2.05, 4.69) is 5.18 Å². The lowest BCUT2D eigenvalue weighted by Gasteiger charge is -2.16. The summed E-state index contributed by atoms with van der Waals surface area (Å²) < 4.78 is 4.98. The van der Waals surface area contributed by atoms with Gasteiger partial charge in [-0.1, -0.05) is 5.18 Å². The highest BCUT2D eigenvalue weighted by Crippen LogP contribution is 2.38. The number of ether oxygens (including phenoxy) is 1. The van der Waals surface area contributed by atoms with Crippen LogP contribution in [0.15, 0.2) is 10.6 Å². The molecule has 1 aliphatic carbocycles. The van der Waals surface area contributed by atoms with E-state index in [-0.39, 0.29) is 12.0 Å². The Morgan fingerprint density at radius 1 is 1.69 bits per heavy atom. The first kappa shape index (κ1) is 11.3. The number of hydrogen-bond acceptors (Lipinski definition) is 5. The van der Waals surface area contributed by atoms with E-state index in [4.69, 9.17) is 4.74 Å². The van der Waals surface area contributed by atoms with Crippen molar-refractivity contribution in [2.75, 3.05) is 6.61 Å². The van der Waals surface area contributed by atoms with Crippen molar-refractivity contribution in [3.8, 4) is 0 Å². The molecule has 16 heavy (non-hydrogen) atoms. The van der Waals surface area contributed by atoms with Gasteiger partial charge < -0.3 is 4.74 Å². The molecule has 0 bridgehead atoms. The van der Waals surface area contributed by atoms with Crippen molar-refractivity contribution in [2.24, 2.45) is 5.18 Å². The van der Waals surface area contributed by atoms with Crippen molar-refractivity contribution in [3.63, 3.8) is 0 Å². The van der Waals surface area contributed by atoms with Gasteiger partial charge in [-0.15, -0.1) is 11.3 Å². The third kappa shape index (κ3) is 1.87. The van der Waals surface area contributed by atoms with E-state index in [1.54, 1.807) is 12.3 Å². The van der Waals surface area contributed by atoms with Gasteiger partial charge in [0.05, 0.1) is 12.2 Å². The lowest BCUT2D eigenvalue weighted by Crippen LogP contribution is -2.11. The molecular formula is C11H13NO3S. The van der Waals surface area contributed by atoms with Crippen LogP contribution in [-0.4, -0.2) is 12.6 Å². The Morgan fingerprint density at radius 2 is 2.50 bits per heavy atom. The number of carbonyl (C=O) groups excluding carboxylic acids is 1. The predicted molar refractivity (Wildman–Crippen MR) is 61.7 cm³/mol. The fourth-order valence-electron chi connectivity index (χ4n) is 2.02. The molecule has 0 spiro atoms. The van der Waals surface area contributed by atoms with Crippen LogP contribution < -0.4 is 0 Å². The lowest BCUT2D eigenvalue weighted by molar-refractivity contribution is 0.0525. The molecule has 1 heterocycles. The number of carbonyl (C=O) groups is 1. The Hall–Kier alpha value is -1.23. The summed E-state index contributed by atoms with van der Waals surface area (Å²) in [6.45, 7) is 2.16. The largest absolute Gasteiger partial charge is 0.462 e. The number of nitroso groups, excluding NO2 is 1. The molecule has 1 atom stereocenters. The highest BCUT2D eigenvalue weighted by Gasteiger charge is 2.27. The maximum Gasteiger partial charge on any atom is 0.339 e. The van der Waals surface area contributed by atoms with Gasteiger partial charge in [-0.2, -0.15) is 4.91 Å². The highest BCUT2D eigenvalue weighted by molar-refractivity contribution is 7.10. The van der Waals surface area contributed by atoms with Crippen LogP contribution in [0.4, 0.5) is 0 Å². The van der Waals surface area contributed by atoms with Gasteiger partial charge in [-0.05, 0) is 31.7 Å². The number of nitrogens with zero attached hydrogens (tertiary/aromatic N) is 1. The Bertz CT molecular complexity index is 413. The standard InChI is InChI=1S/C11H13NO3S/c1-2-15-11(13)8-6-16-10-7(8)4-3-5-9(10)12-14/h6,9H,2-5H2,1H3. The zero-order valence-electron chi connectivity index (χ0n) is 9.06. The third-order valence-electron chi connectivity index (χ3n) is 2.76. The first-order chi connectivity index (χ1) is 7.77. The summed E-state index contributed by atoms with van der Waals surface area (Å²) in [4.78, 5) is 23.3. The smallest absolute Gasteiger partial charge is 0.339 e. The summed E-state index contributed by atoms with van der Waals surface area (Å²) in [5.41, 5.74) is 1.59. The molecule has 2 rings (SSSR count). The van der Waals surface area contributed by atoms with Gasteiger partial charge in [-0.25, -0.2) is 4.79 Å². The molecule has 0 radical (unpaired) electrons. The maximum absolute atomic E-state index is 11.6. The van der Waals surface area contributed by atoms with Gasteiger partial charge in [0, 0.05) is 10.3 Å². The third-order valence-corrected chi connectivity index (χ3v) is 3.88. The van der Waals surface area contributed by atoms with E-state index >= 15 is 0 Å². The molecule has 1 aromatic heterocycles. The fourth-order valence-corrected chi connectivity index (χ4v) is 3.17. The molecule has 1 aliphatic rings. The Labute approximate surface area is 97.6 Å². The summed E-state index contributed by atoms with van der Waals surface area (Å²) in [6, 6.07) is -0.267. The monoisotopic (exact) mass is 239 g/mol. The quantitative estimate of drug-likeness (QED) is 0.601. The molecule has 1 unspecified atom stereocenters. The van der Waals surface area contributed by atoms with Crippen molar-refractivity contribution in [1.82, 2.24) is 0 Å². The van der Waals surface area contributed by atoms with Crippen LogP contribution in [0.3, 0.4) is 0 Å². The van der Waals surface area contributed by atoms with E-state index in [1.807, 2.05) is 0 Å². The molecular weight excluding hydrogens is 226 g/mol. The summed E-state index contributed by atoms with van der Waals surface area (Å²) >= 11 is 1.44. The maximum atomic E-state index is 11.6. The number of fused-ring (bicyclic) bond motifs is 1. The van der Waals surface area contributed by atoms with Crippen LogP contribution >= 0.6 is 11.3 Å². The van der Waals surface area contributed by atoms with Crippen molar-refractivity contribution < 1.29 is 9.53 Å². The number of esters is 1. The Balaban J connectivity index is 2.33. The minimum atomic E-state index is -0.286. The Kier molecular flexibility index (Phi) is 3.33. The highest BCUT2D eigenvalue weighted by atomic mass is 32.1. The van der Waals surface area contributed by atoms with E-state index < -0.39 is 0 Å². The lowest BCUT2D eigenvalue weighted by atomic mass is 9.93. The van der Waals surface area contributed by atoms with E-state index in [9.17, 15) is 9.70 Å². The molecule has 0 saturated heterocycles. The molecule has 1 aromatic rings. The van der Waals surface area contributed by atoms with Gasteiger partial charge in [0.25, 0.3) is 0 Å². The first-order valence-corrected chi connectivity index (χ1v) is 6.25. The van der Waals surface area contributed by atoms with Gasteiger partial charge in [0.1, 0.15) is 6.04 Å². The summed E-state index contributed by atoms with van der Waals surface area (Å²) in [6.07, 6.45) is 2.55. The van der Waals surface area contributed by atoms with Crippen molar-refractivity contribution >= 4 is 17.3 Å². The van der Waals surface area contributed by atoms with Crippen molar-refractivity contribution in [1.29, 1.82) is 0 Å². The fraction of sp³-hybridized carbons (Fsp3) is 0.545. The molecule has 0 saturated carbocycles. The molecule has 5 heteroatoms. The topological polar surface area (TPSA) is 55.7 Å². The normalized spacial score (nSPS) is 18.9. The van der Waals surface area contributed by atoms with Gasteiger partial charge >= 0.3 is 5.97 Å². The van der Waals surface area contributed by atoms with Gasteiger partial charge in [-0.3, -0.25) is 0 Å². The first-order valence-electron chi connectivity index (χ1n) is 5.37. The predicted octanol–water partition coefficient (Wildman–Crippen LogP) is 3.07. The molecule has 0 fully saturated rings. The number of hydrogen-bond donors (Lipinski definition) is 0. The Morgan fingerprint density at radius 3 is 3.19 bits per heavy atom. The van der Waals surface area contributed by atoms with Crippen molar-refractivity contribution in [3.05, 3.63) is 26.3 Å². The van der Waals surface area contributed by atoms with E-state index in [0.717, 1.165) is 29.7 Å². The van der Waals surface area contributed by atoms with E-state index in [0.29, 0.717) is 12.2 Å². The second kappa shape index (κ2) is 4.74. The molecule has 0 aliphatic heterocycles. The van der Waals surface area contributed by atoms with Crippen LogP contribution in [0, 0.1) is 4.91 Å². The van der Waals surface area contributed by atoms with Crippen LogP contribution in [0.5, 0.6) is 0 Å². The minimum Gasteiger partial charge on any atom is -0.462 e. The average molecular weight is 239 g/mol. The number of rotatable bonds is 3. The van der Waals surface area contributed by atoms with Crippen molar-refractivity contribution in [2.45, 2.75) is 32.2 Å². The van der Waals surface area contributed by atoms with Crippen LogP contribution in [0.1, 0.15) is 46.6 Å². The van der Waals surface area contributed by atoms with Crippen LogP contribution in [0.25, 0.3) is 0 Å². The molecule has 86 valence electrons. The SMILES string of the molecule is CCOC(=O)c1csc2c1CCCC2N=O. The molecule has 0 N–H and O–H groups in total. The second-order valence-electron chi connectivity index (χ2n) is 3.73. The molecule has 0 aromatic carbocycles. The van der Waals surface area contributed by atoms with Gasteiger partial charge in [0.2, 0.25) is 0 Å². The summed E-state index contributed by atoms with van der Waals surface area (Å²) in [5.74, 6) is -0.286.